The number of fused-ring (bicyclic) bond motifs is 1. The van der Waals surface area contributed by atoms with E-state index in [1.54, 1.807) is 0 Å². The zero-order valence-corrected chi connectivity index (χ0v) is 13.3. The van der Waals surface area contributed by atoms with Gasteiger partial charge in [-0.15, -0.1) is 0 Å². The Labute approximate surface area is 123 Å². The van der Waals surface area contributed by atoms with Crippen LogP contribution in [0, 0.1) is 0 Å². The first-order chi connectivity index (χ1) is 9.52. The molecule has 4 heteroatoms. The van der Waals surface area contributed by atoms with Crippen molar-refractivity contribution in [2.75, 3.05) is 19.6 Å². The largest absolute Gasteiger partial charge is 0.389 e. The van der Waals surface area contributed by atoms with Gasteiger partial charge in [-0.1, -0.05) is 39.0 Å². The number of ether oxygens (including phenoxy) is 2. The molecule has 0 unspecified atom stereocenters. The molecule has 0 radical (unpaired) electrons. The van der Waals surface area contributed by atoms with Crippen molar-refractivity contribution >= 4 is 0 Å². The molecule has 1 N–H and O–H groups in total. The molecule has 0 bridgehead atoms. The first-order valence-corrected chi connectivity index (χ1v) is 8.28. The van der Waals surface area contributed by atoms with Crippen LogP contribution >= 0.6 is 0 Å². The van der Waals surface area contributed by atoms with Crippen LogP contribution in [0.4, 0.5) is 0 Å². The Bertz CT molecular complexity index is 295. The van der Waals surface area contributed by atoms with E-state index in [1.165, 1.54) is 38.5 Å². The zero-order chi connectivity index (χ0) is 14.6. The van der Waals surface area contributed by atoms with Crippen LogP contribution in [-0.2, 0) is 9.47 Å². The van der Waals surface area contributed by atoms with Crippen molar-refractivity contribution in [2.45, 2.75) is 83.4 Å². The molecule has 0 aliphatic carbocycles. The predicted octanol–water partition coefficient (Wildman–Crippen LogP) is 2.54. The van der Waals surface area contributed by atoms with Crippen molar-refractivity contribution in [1.82, 2.24) is 4.90 Å². The van der Waals surface area contributed by atoms with E-state index in [4.69, 9.17) is 9.47 Å². The molecule has 4 nitrogen and oxygen atoms in total. The third-order valence-corrected chi connectivity index (χ3v) is 4.31. The van der Waals surface area contributed by atoms with Crippen molar-refractivity contribution in [3.63, 3.8) is 0 Å². The summed E-state index contributed by atoms with van der Waals surface area (Å²) in [5.41, 5.74) is 0. The summed E-state index contributed by atoms with van der Waals surface area (Å²) in [6.45, 7) is 8.77. The van der Waals surface area contributed by atoms with Crippen LogP contribution < -0.4 is 0 Å². The van der Waals surface area contributed by atoms with E-state index in [0.29, 0.717) is 0 Å². The highest BCUT2D eigenvalue weighted by Gasteiger charge is 2.48. The fraction of sp³-hybridized carbons (Fsp3) is 1.00. The van der Waals surface area contributed by atoms with Gasteiger partial charge in [0.05, 0.1) is 6.10 Å². The minimum absolute atomic E-state index is 0.0221. The normalized spacial score (nSPS) is 33.3. The number of nitrogens with zero attached hydrogens (tertiary/aromatic N) is 1. The van der Waals surface area contributed by atoms with Crippen LogP contribution in [0.2, 0.25) is 0 Å². The number of unbranched alkanes of at least 4 members (excludes halogenated alkanes) is 5. The van der Waals surface area contributed by atoms with Gasteiger partial charge in [0.1, 0.15) is 12.2 Å². The molecule has 0 spiro atoms. The lowest BCUT2D eigenvalue weighted by Gasteiger charge is -2.36. The summed E-state index contributed by atoms with van der Waals surface area (Å²) in [7, 11) is 0. The van der Waals surface area contributed by atoms with Gasteiger partial charge in [0.2, 0.25) is 0 Å². The molecule has 0 aromatic heterocycles. The van der Waals surface area contributed by atoms with Crippen LogP contribution in [0.25, 0.3) is 0 Å². The minimum Gasteiger partial charge on any atom is -0.389 e. The molecule has 0 aromatic rings. The SMILES string of the molecule is CCCCCCCCN1C[C@@H](O)[C@@H]2OC(C)(C)O[C@@H]2C1. The van der Waals surface area contributed by atoms with Gasteiger partial charge in [0.25, 0.3) is 0 Å². The Balaban J connectivity index is 1.68. The number of piperidine rings is 1. The van der Waals surface area contributed by atoms with Crippen molar-refractivity contribution in [3.8, 4) is 0 Å². The van der Waals surface area contributed by atoms with Crippen molar-refractivity contribution in [1.29, 1.82) is 0 Å². The molecule has 2 aliphatic heterocycles. The summed E-state index contributed by atoms with van der Waals surface area (Å²) in [4.78, 5) is 2.33. The molecule has 0 amide bonds. The molecule has 2 saturated heterocycles. The summed E-state index contributed by atoms with van der Waals surface area (Å²) in [5, 5.41) is 10.2. The first kappa shape index (κ1) is 16.2. The van der Waals surface area contributed by atoms with Crippen molar-refractivity contribution < 1.29 is 14.6 Å². The van der Waals surface area contributed by atoms with Crippen LogP contribution in [0.3, 0.4) is 0 Å². The first-order valence-electron chi connectivity index (χ1n) is 8.28. The van der Waals surface area contributed by atoms with E-state index in [-0.39, 0.29) is 12.2 Å². The third kappa shape index (κ3) is 4.42. The number of hydrogen-bond donors (Lipinski definition) is 1. The van der Waals surface area contributed by atoms with Gasteiger partial charge in [0.15, 0.2) is 5.79 Å². The fourth-order valence-corrected chi connectivity index (χ4v) is 3.33. The summed E-state index contributed by atoms with van der Waals surface area (Å²) in [5.74, 6) is -0.549. The smallest absolute Gasteiger partial charge is 0.163 e. The maximum Gasteiger partial charge on any atom is 0.163 e. The molecular weight excluding hydrogens is 254 g/mol. The number of rotatable bonds is 7. The van der Waals surface area contributed by atoms with Gasteiger partial charge in [-0.05, 0) is 26.8 Å². The highest BCUT2D eigenvalue weighted by molar-refractivity contribution is 4.93. The second-order valence-electron chi connectivity index (χ2n) is 6.73. The maximum atomic E-state index is 10.2. The van der Waals surface area contributed by atoms with E-state index < -0.39 is 11.9 Å². The lowest BCUT2D eigenvalue weighted by atomic mass is 10.0. The lowest BCUT2D eigenvalue weighted by molar-refractivity contribution is -0.152. The molecule has 2 aliphatic rings. The molecule has 2 heterocycles. The van der Waals surface area contributed by atoms with Crippen LogP contribution in [0.1, 0.15) is 59.3 Å². The van der Waals surface area contributed by atoms with Gasteiger partial charge in [-0.3, -0.25) is 4.90 Å². The number of hydrogen-bond acceptors (Lipinski definition) is 4. The van der Waals surface area contributed by atoms with Gasteiger partial charge < -0.3 is 14.6 Å². The number of likely N-dealkylation sites (tertiary alicyclic amines) is 1. The predicted molar refractivity (Wildman–Crippen MR) is 79.6 cm³/mol. The minimum atomic E-state index is -0.549. The van der Waals surface area contributed by atoms with Crippen molar-refractivity contribution in [2.24, 2.45) is 0 Å². The van der Waals surface area contributed by atoms with Gasteiger partial charge in [-0.25, -0.2) is 0 Å². The third-order valence-electron chi connectivity index (χ3n) is 4.31. The summed E-state index contributed by atoms with van der Waals surface area (Å²) >= 11 is 0. The highest BCUT2D eigenvalue weighted by Crippen LogP contribution is 2.33. The van der Waals surface area contributed by atoms with E-state index in [2.05, 4.69) is 11.8 Å². The molecule has 118 valence electrons. The molecule has 0 saturated carbocycles. The summed E-state index contributed by atoms with van der Waals surface area (Å²) in [6.07, 6.45) is 7.32. The Kier molecular flexibility index (Phi) is 5.84. The van der Waals surface area contributed by atoms with E-state index in [9.17, 15) is 5.11 Å². The number of aliphatic hydroxyl groups excluding tert-OH is 1. The number of β-amino-alcohol motifs (C(OH)–C–C–N with tert-alkyl or cyclic N) is 1. The quantitative estimate of drug-likeness (QED) is 0.730. The van der Waals surface area contributed by atoms with E-state index in [0.717, 1.165) is 19.6 Å². The molecule has 20 heavy (non-hydrogen) atoms. The maximum absolute atomic E-state index is 10.2. The highest BCUT2D eigenvalue weighted by atomic mass is 16.8. The lowest BCUT2D eigenvalue weighted by Crippen LogP contribution is -2.54. The summed E-state index contributed by atoms with van der Waals surface area (Å²) in [6, 6.07) is 0. The van der Waals surface area contributed by atoms with Crippen LogP contribution in [-0.4, -0.2) is 53.7 Å². The summed E-state index contributed by atoms with van der Waals surface area (Å²) < 4.78 is 11.7. The average molecular weight is 285 g/mol. The van der Waals surface area contributed by atoms with E-state index >= 15 is 0 Å². The second kappa shape index (κ2) is 7.21. The molecular formula is C16H31NO3. The standard InChI is InChI=1S/C16H31NO3/c1-4-5-6-7-8-9-10-17-11-13(18)15-14(12-17)19-16(2,3)20-15/h13-15,18H,4-12H2,1-3H3/t13-,14-,15+/m1/s1. The zero-order valence-electron chi connectivity index (χ0n) is 13.3. The topological polar surface area (TPSA) is 41.9 Å². The van der Waals surface area contributed by atoms with Crippen molar-refractivity contribution in [3.05, 3.63) is 0 Å². The molecule has 2 rings (SSSR count). The Morgan fingerprint density at radius 3 is 2.50 bits per heavy atom. The Hall–Kier alpha value is -0.160. The Morgan fingerprint density at radius 2 is 1.75 bits per heavy atom. The Morgan fingerprint density at radius 1 is 1.05 bits per heavy atom. The van der Waals surface area contributed by atoms with Crippen LogP contribution in [0.5, 0.6) is 0 Å². The van der Waals surface area contributed by atoms with Gasteiger partial charge >= 0.3 is 0 Å². The molecule has 2 fully saturated rings. The van der Waals surface area contributed by atoms with Gasteiger partial charge in [-0.2, -0.15) is 0 Å². The molecule has 0 aromatic carbocycles. The average Bonchev–Trinajstić information content (AvgIpc) is 2.69. The van der Waals surface area contributed by atoms with Gasteiger partial charge in [0, 0.05) is 13.1 Å². The monoisotopic (exact) mass is 285 g/mol. The second-order valence-corrected chi connectivity index (χ2v) is 6.73. The van der Waals surface area contributed by atoms with Crippen LogP contribution in [0.15, 0.2) is 0 Å². The molecule has 3 atom stereocenters. The number of aliphatic hydroxyl groups is 1. The van der Waals surface area contributed by atoms with E-state index in [1.807, 2.05) is 13.8 Å². The fourth-order valence-electron chi connectivity index (χ4n) is 3.33.